The Kier molecular flexibility index (Phi) is 3.25. The third-order valence-corrected chi connectivity index (χ3v) is 2.33. The minimum Gasteiger partial charge on any atom is -0.423 e. The summed E-state index contributed by atoms with van der Waals surface area (Å²) in [5.41, 5.74) is 1.40. The van der Waals surface area contributed by atoms with Gasteiger partial charge in [0.15, 0.2) is 0 Å². The second-order valence-electron chi connectivity index (χ2n) is 2.45. The van der Waals surface area contributed by atoms with Crippen LogP contribution in [0.25, 0.3) is 0 Å². The van der Waals surface area contributed by atoms with E-state index in [1.165, 1.54) is 6.20 Å². The van der Waals surface area contributed by atoms with Gasteiger partial charge in [-0.3, -0.25) is 0 Å². The van der Waals surface area contributed by atoms with Gasteiger partial charge >= 0.3 is 7.12 Å². The average Bonchev–Trinajstić information content (AvgIpc) is 2.05. The van der Waals surface area contributed by atoms with Gasteiger partial charge in [0.05, 0.1) is 0 Å². The predicted octanol–water partition coefficient (Wildman–Crippen LogP) is 0.0863. The Morgan fingerprint density at radius 1 is 1.58 bits per heavy atom. The zero-order valence-corrected chi connectivity index (χ0v) is 8.24. The maximum Gasteiger partial charge on any atom is 0.490 e. The highest BCUT2D eigenvalue weighted by Gasteiger charge is 2.12. The molecular weight excluding hydrogens is 221 g/mol. The van der Waals surface area contributed by atoms with Crippen molar-refractivity contribution in [3.05, 3.63) is 22.4 Å². The number of nitrogens with zero attached hydrogens (tertiary/aromatic N) is 1. The van der Waals surface area contributed by atoms with E-state index in [0.29, 0.717) is 5.46 Å². The molecule has 0 unspecified atom stereocenters. The predicted molar refractivity (Wildman–Crippen MR) is 51.1 cm³/mol. The Labute approximate surface area is 79.7 Å². The van der Waals surface area contributed by atoms with E-state index in [-0.39, 0.29) is 0 Å². The Balaban J connectivity index is 3.05. The van der Waals surface area contributed by atoms with Crippen molar-refractivity contribution in [3.63, 3.8) is 0 Å². The number of pyridine rings is 1. The van der Waals surface area contributed by atoms with Crippen molar-refractivity contribution in [2.24, 2.45) is 0 Å². The van der Waals surface area contributed by atoms with E-state index in [1.54, 1.807) is 6.07 Å². The number of halogens is 1. The van der Waals surface area contributed by atoms with Crippen LogP contribution in [0.4, 0.5) is 0 Å². The first kappa shape index (κ1) is 9.70. The van der Waals surface area contributed by atoms with Crippen LogP contribution in [0.1, 0.15) is 12.5 Å². The van der Waals surface area contributed by atoms with Gasteiger partial charge < -0.3 is 10.0 Å². The largest absolute Gasteiger partial charge is 0.490 e. The quantitative estimate of drug-likeness (QED) is 0.558. The highest BCUT2D eigenvalue weighted by molar-refractivity contribution is 9.10. The normalized spacial score (nSPS) is 10.0. The lowest BCUT2D eigenvalue weighted by Gasteiger charge is -2.03. The van der Waals surface area contributed by atoms with E-state index in [9.17, 15) is 0 Å². The minimum atomic E-state index is -1.43. The van der Waals surface area contributed by atoms with Crippen molar-refractivity contribution in [1.29, 1.82) is 0 Å². The van der Waals surface area contributed by atoms with Gasteiger partial charge in [0.25, 0.3) is 0 Å². The Hall–Kier alpha value is -0.385. The van der Waals surface area contributed by atoms with E-state index in [4.69, 9.17) is 10.0 Å². The van der Waals surface area contributed by atoms with Gasteiger partial charge in [-0.15, -0.1) is 0 Å². The van der Waals surface area contributed by atoms with Crippen LogP contribution in [0.2, 0.25) is 0 Å². The molecule has 2 N–H and O–H groups in total. The Morgan fingerprint density at radius 3 is 2.75 bits per heavy atom. The first-order valence-corrected chi connectivity index (χ1v) is 4.45. The highest BCUT2D eigenvalue weighted by Crippen LogP contribution is 2.11. The molecule has 0 bridgehead atoms. The smallest absolute Gasteiger partial charge is 0.423 e. The Morgan fingerprint density at radius 2 is 2.25 bits per heavy atom. The number of hydrogen-bond donors (Lipinski definition) is 2. The molecule has 1 rings (SSSR count). The molecule has 0 fully saturated rings. The molecule has 0 amide bonds. The van der Waals surface area contributed by atoms with Crippen molar-refractivity contribution in [3.8, 4) is 0 Å². The van der Waals surface area contributed by atoms with Crippen molar-refractivity contribution in [2.75, 3.05) is 0 Å². The number of aryl methyl sites for hydroxylation is 1. The van der Waals surface area contributed by atoms with Crippen molar-refractivity contribution >= 4 is 28.5 Å². The zero-order chi connectivity index (χ0) is 9.14. The van der Waals surface area contributed by atoms with Crippen LogP contribution in [0.5, 0.6) is 0 Å². The molecule has 0 atom stereocenters. The first-order valence-electron chi connectivity index (χ1n) is 3.65. The van der Waals surface area contributed by atoms with Gasteiger partial charge in [0, 0.05) is 11.7 Å². The third kappa shape index (κ3) is 2.06. The van der Waals surface area contributed by atoms with Gasteiger partial charge in [0.2, 0.25) is 0 Å². The van der Waals surface area contributed by atoms with Crippen LogP contribution < -0.4 is 5.46 Å². The van der Waals surface area contributed by atoms with Crippen LogP contribution in [0.3, 0.4) is 0 Å². The van der Waals surface area contributed by atoms with E-state index in [0.717, 1.165) is 16.6 Å². The molecule has 0 aromatic carbocycles. The van der Waals surface area contributed by atoms with E-state index in [1.807, 2.05) is 6.92 Å². The van der Waals surface area contributed by atoms with Gasteiger partial charge in [-0.2, -0.15) is 0 Å². The summed E-state index contributed by atoms with van der Waals surface area (Å²) in [6, 6.07) is 1.72. The summed E-state index contributed by atoms with van der Waals surface area (Å²) in [6.07, 6.45) is 2.25. The second kappa shape index (κ2) is 4.02. The number of aromatic nitrogens is 1. The molecular formula is C7H9BBrNO2. The summed E-state index contributed by atoms with van der Waals surface area (Å²) >= 11 is 3.27. The molecule has 0 saturated carbocycles. The Bertz CT molecular complexity index is 280. The number of hydrogen-bond acceptors (Lipinski definition) is 3. The lowest BCUT2D eigenvalue weighted by Crippen LogP contribution is -2.30. The van der Waals surface area contributed by atoms with Crippen molar-refractivity contribution in [1.82, 2.24) is 4.98 Å². The summed E-state index contributed by atoms with van der Waals surface area (Å²) < 4.78 is 0.759. The maximum absolute atomic E-state index is 8.83. The molecule has 0 aliphatic heterocycles. The van der Waals surface area contributed by atoms with E-state index >= 15 is 0 Å². The lowest BCUT2D eigenvalue weighted by molar-refractivity contribution is 0.425. The SMILES string of the molecule is CCc1cc(B(O)O)cnc1Br. The van der Waals surface area contributed by atoms with Gasteiger partial charge in [-0.25, -0.2) is 4.98 Å². The molecule has 1 aromatic heterocycles. The van der Waals surface area contributed by atoms with Crippen molar-refractivity contribution < 1.29 is 10.0 Å². The van der Waals surface area contributed by atoms with E-state index < -0.39 is 7.12 Å². The minimum absolute atomic E-state index is 0.426. The molecule has 0 aliphatic rings. The fourth-order valence-corrected chi connectivity index (χ4v) is 1.40. The van der Waals surface area contributed by atoms with E-state index in [2.05, 4.69) is 20.9 Å². The molecule has 0 aliphatic carbocycles. The highest BCUT2D eigenvalue weighted by atomic mass is 79.9. The zero-order valence-electron chi connectivity index (χ0n) is 6.66. The molecule has 1 aromatic rings. The van der Waals surface area contributed by atoms with Crippen LogP contribution in [-0.2, 0) is 6.42 Å². The fraction of sp³-hybridized carbons (Fsp3) is 0.286. The molecule has 3 nitrogen and oxygen atoms in total. The van der Waals surface area contributed by atoms with Gasteiger partial charge in [-0.1, -0.05) is 13.0 Å². The monoisotopic (exact) mass is 229 g/mol. The molecule has 0 radical (unpaired) electrons. The summed E-state index contributed by atoms with van der Waals surface area (Å²) in [4.78, 5) is 3.97. The first-order chi connectivity index (χ1) is 5.65. The maximum atomic E-state index is 8.83. The van der Waals surface area contributed by atoms with Crippen LogP contribution in [-0.4, -0.2) is 22.2 Å². The molecule has 0 spiro atoms. The summed E-state index contributed by atoms with van der Waals surface area (Å²) in [6.45, 7) is 1.98. The summed E-state index contributed by atoms with van der Waals surface area (Å²) in [5.74, 6) is 0. The third-order valence-electron chi connectivity index (χ3n) is 1.61. The van der Waals surface area contributed by atoms with Crippen LogP contribution in [0, 0.1) is 0 Å². The van der Waals surface area contributed by atoms with Gasteiger partial charge in [0.1, 0.15) is 4.60 Å². The fourth-order valence-electron chi connectivity index (χ4n) is 0.901. The molecule has 1 heterocycles. The lowest BCUT2D eigenvalue weighted by atomic mass is 9.81. The van der Waals surface area contributed by atoms with Gasteiger partial charge in [-0.05, 0) is 27.9 Å². The summed E-state index contributed by atoms with van der Waals surface area (Å²) in [7, 11) is -1.43. The standard InChI is InChI=1S/C7H9BBrNO2/c1-2-5-3-6(8(11)12)4-10-7(5)9/h3-4,11-12H,2H2,1H3. The molecule has 64 valence electrons. The average molecular weight is 230 g/mol. The molecule has 12 heavy (non-hydrogen) atoms. The van der Waals surface area contributed by atoms with Crippen LogP contribution >= 0.6 is 15.9 Å². The second-order valence-corrected chi connectivity index (χ2v) is 3.20. The van der Waals surface area contributed by atoms with Crippen LogP contribution in [0.15, 0.2) is 16.9 Å². The number of rotatable bonds is 2. The molecule has 5 heteroatoms. The summed E-state index contributed by atoms with van der Waals surface area (Å²) in [5, 5.41) is 17.7. The van der Waals surface area contributed by atoms with Crippen molar-refractivity contribution in [2.45, 2.75) is 13.3 Å². The topological polar surface area (TPSA) is 53.4 Å². The molecule has 0 saturated heterocycles.